The average molecular weight is 254 g/mol. The van der Waals surface area contributed by atoms with E-state index in [4.69, 9.17) is 4.74 Å². The third-order valence-corrected chi connectivity index (χ3v) is 2.93. The summed E-state index contributed by atoms with van der Waals surface area (Å²) in [5, 5.41) is 3.12. The SMILES string of the molecule is CCOc1ccc(C(CCNC)N(C)C)cc1F. The van der Waals surface area contributed by atoms with Crippen LogP contribution in [0.1, 0.15) is 24.9 Å². The highest BCUT2D eigenvalue weighted by atomic mass is 19.1. The van der Waals surface area contributed by atoms with Crippen molar-refractivity contribution in [1.29, 1.82) is 0 Å². The second-order valence-corrected chi connectivity index (χ2v) is 4.49. The zero-order valence-electron chi connectivity index (χ0n) is 11.7. The van der Waals surface area contributed by atoms with Gasteiger partial charge in [0.25, 0.3) is 0 Å². The highest BCUT2D eigenvalue weighted by molar-refractivity contribution is 5.31. The molecule has 0 bridgehead atoms. The number of nitrogens with zero attached hydrogens (tertiary/aromatic N) is 1. The van der Waals surface area contributed by atoms with Gasteiger partial charge in [-0.25, -0.2) is 4.39 Å². The van der Waals surface area contributed by atoms with Crippen molar-refractivity contribution in [2.24, 2.45) is 0 Å². The van der Waals surface area contributed by atoms with Gasteiger partial charge in [-0.15, -0.1) is 0 Å². The smallest absolute Gasteiger partial charge is 0.165 e. The maximum Gasteiger partial charge on any atom is 0.165 e. The molecule has 102 valence electrons. The molecule has 1 N–H and O–H groups in total. The molecule has 0 fully saturated rings. The molecule has 0 radical (unpaired) electrons. The highest BCUT2D eigenvalue weighted by Crippen LogP contribution is 2.26. The molecule has 0 heterocycles. The molecule has 1 rings (SSSR count). The van der Waals surface area contributed by atoms with Crippen LogP contribution in [-0.2, 0) is 0 Å². The van der Waals surface area contributed by atoms with Crippen molar-refractivity contribution < 1.29 is 9.13 Å². The van der Waals surface area contributed by atoms with E-state index in [0.717, 1.165) is 18.5 Å². The Hall–Kier alpha value is -1.13. The predicted octanol–water partition coefficient (Wildman–Crippen LogP) is 2.44. The lowest BCUT2D eigenvalue weighted by Crippen LogP contribution is -2.24. The van der Waals surface area contributed by atoms with Crippen molar-refractivity contribution in [3.63, 3.8) is 0 Å². The standard InChI is InChI=1S/C14H23FN2O/c1-5-18-14-7-6-11(10-12(14)15)13(17(3)4)8-9-16-2/h6-7,10,13,16H,5,8-9H2,1-4H3. The number of hydrogen-bond acceptors (Lipinski definition) is 3. The zero-order chi connectivity index (χ0) is 13.5. The third kappa shape index (κ3) is 3.96. The van der Waals surface area contributed by atoms with Crippen LogP contribution in [0.4, 0.5) is 4.39 Å². The predicted molar refractivity (Wildman–Crippen MR) is 72.5 cm³/mol. The largest absolute Gasteiger partial charge is 0.491 e. The number of benzene rings is 1. The molecular formula is C14H23FN2O. The minimum Gasteiger partial charge on any atom is -0.491 e. The van der Waals surface area contributed by atoms with Gasteiger partial charge in [-0.1, -0.05) is 6.07 Å². The first-order chi connectivity index (χ1) is 8.60. The van der Waals surface area contributed by atoms with Crippen molar-refractivity contribution in [1.82, 2.24) is 10.2 Å². The van der Waals surface area contributed by atoms with Gasteiger partial charge in [0.05, 0.1) is 6.61 Å². The molecule has 0 aliphatic heterocycles. The van der Waals surface area contributed by atoms with Crippen molar-refractivity contribution in [3.05, 3.63) is 29.6 Å². The van der Waals surface area contributed by atoms with Crippen LogP contribution >= 0.6 is 0 Å². The molecule has 0 saturated carbocycles. The molecular weight excluding hydrogens is 231 g/mol. The Bertz CT molecular complexity index is 369. The topological polar surface area (TPSA) is 24.5 Å². The molecule has 1 atom stereocenters. The van der Waals surface area contributed by atoms with Crippen molar-refractivity contribution in [3.8, 4) is 5.75 Å². The van der Waals surface area contributed by atoms with Gasteiger partial charge in [0.2, 0.25) is 0 Å². The molecule has 0 amide bonds. The summed E-state index contributed by atoms with van der Waals surface area (Å²) in [4.78, 5) is 2.10. The van der Waals surface area contributed by atoms with Gasteiger partial charge in [-0.3, -0.25) is 0 Å². The van der Waals surface area contributed by atoms with E-state index in [0.29, 0.717) is 12.4 Å². The van der Waals surface area contributed by atoms with Crippen molar-refractivity contribution in [2.75, 3.05) is 34.3 Å². The molecule has 1 aromatic rings. The highest BCUT2D eigenvalue weighted by Gasteiger charge is 2.15. The van der Waals surface area contributed by atoms with E-state index in [1.165, 1.54) is 0 Å². The minimum absolute atomic E-state index is 0.211. The Balaban J connectivity index is 2.88. The number of ether oxygens (including phenoxy) is 1. The van der Waals surface area contributed by atoms with Gasteiger partial charge in [0.15, 0.2) is 11.6 Å². The molecule has 0 aliphatic carbocycles. The van der Waals surface area contributed by atoms with E-state index in [1.54, 1.807) is 12.1 Å². The van der Waals surface area contributed by atoms with Crippen LogP contribution in [0.5, 0.6) is 5.75 Å². The van der Waals surface area contributed by atoms with Crippen LogP contribution in [0.25, 0.3) is 0 Å². The van der Waals surface area contributed by atoms with Crippen molar-refractivity contribution in [2.45, 2.75) is 19.4 Å². The van der Waals surface area contributed by atoms with Crippen LogP contribution in [0, 0.1) is 5.82 Å². The normalized spacial score (nSPS) is 12.8. The average Bonchev–Trinajstić information content (AvgIpc) is 2.32. The number of nitrogens with one attached hydrogen (secondary N) is 1. The quantitative estimate of drug-likeness (QED) is 0.809. The molecule has 18 heavy (non-hydrogen) atoms. The summed E-state index contributed by atoms with van der Waals surface area (Å²) in [5.41, 5.74) is 0.983. The zero-order valence-corrected chi connectivity index (χ0v) is 11.7. The molecule has 4 heteroatoms. The maximum absolute atomic E-state index is 13.8. The van der Waals surface area contributed by atoms with E-state index in [9.17, 15) is 4.39 Å². The summed E-state index contributed by atoms with van der Waals surface area (Å²) >= 11 is 0. The summed E-state index contributed by atoms with van der Waals surface area (Å²) in [6, 6.07) is 5.44. The Morgan fingerprint density at radius 1 is 1.39 bits per heavy atom. The first kappa shape index (κ1) is 14.9. The van der Waals surface area contributed by atoms with Crippen LogP contribution < -0.4 is 10.1 Å². The summed E-state index contributed by atoms with van der Waals surface area (Å²) in [6.07, 6.45) is 0.941. The molecule has 0 saturated heterocycles. The first-order valence-corrected chi connectivity index (χ1v) is 6.33. The number of rotatable bonds is 7. The van der Waals surface area contributed by atoms with E-state index in [1.807, 2.05) is 34.1 Å². The Morgan fingerprint density at radius 3 is 2.61 bits per heavy atom. The van der Waals surface area contributed by atoms with Gasteiger partial charge in [-0.05, 0) is 58.7 Å². The van der Waals surface area contributed by atoms with E-state index >= 15 is 0 Å². The lowest BCUT2D eigenvalue weighted by atomic mass is 10.0. The Labute approximate surface area is 109 Å². The minimum atomic E-state index is -0.286. The van der Waals surface area contributed by atoms with Gasteiger partial charge in [-0.2, -0.15) is 0 Å². The summed E-state index contributed by atoms with van der Waals surface area (Å²) < 4.78 is 19.0. The van der Waals surface area contributed by atoms with Crippen LogP contribution in [0.15, 0.2) is 18.2 Å². The molecule has 0 aliphatic rings. The lowest BCUT2D eigenvalue weighted by Gasteiger charge is -2.25. The van der Waals surface area contributed by atoms with Gasteiger partial charge >= 0.3 is 0 Å². The van der Waals surface area contributed by atoms with Crippen LogP contribution in [0.2, 0.25) is 0 Å². The van der Waals surface area contributed by atoms with Gasteiger partial charge in [0.1, 0.15) is 0 Å². The second-order valence-electron chi connectivity index (χ2n) is 4.49. The first-order valence-electron chi connectivity index (χ1n) is 6.33. The third-order valence-electron chi connectivity index (χ3n) is 2.93. The van der Waals surface area contributed by atoms with Crippen LogP contribution in [-0.4, -0.2) is 39.2 Å². The molecule has 1 aromatic carbocycles. The number of hydrogen-bond donors (Lipinski definition) is 1. The molecule has 0 aromatic heterocycles. The maximum atomic E-state index is 13.8. The fourth-order valence-electron chi connectivity index (χ4n) is 2.00. The van der Waals surface area contributed by atoms with E-state index < -0.39 is 0 Å². The molecule has 0 spiro atoms. The van der Waals surface area contributed by atoms with Gasteiger partial charge < -0.3 is 15.0 Å². The second kappa shape index (κ2) is 7.34. The summed E-state index contributed by atoms with van der Waals surface area (Å²) in [7, 11) is 5.94. The van der Waals surface area contributed by atoms with Crippen LogP contribution in [0.3, 0.4) is 0 Å². The number of halogens is 1. The van der Waals surface area contributed by atoms with E-state index in [2.05, 4.69) is 10.2 Å². The summed E-state index contributed by atoms with van der Waals surface area (Å²) in [6.45, 7) is 3.23. The Morgan fingerprint density at radius 2 is 2.11 bits per heavy atom. The molecule has 1 unspecified atom stereocenters. The lowest BCUT2D eigenvalue weighted by molar-refractivity contribution is 0.280. The fourth-order valence-corrected chi connectivity index (χ4v) is 2.00. The van der Waals surface area contributed by atoms with Crippen molar-refractivity contribution >= 4 is 0 Å². The van der Waals surface area contributed by atoms with E-state index in [-0.39, 0.29) is 11.9 Å². The summed E-state index contributed by atoms with van der Waals surface area (Å²) in [5.74, 6) is 0.0398. The van der Waals surface area contributed by atoms with Gasteiger partial charge in [0, 0.05) is 6.04 Å². The monoisotopic (exact) mass is 254 g/mol. The molecule has 3 nitrogen and oxygen atoms in total. The Kier molecular flexibility index (Phi) is 6.09. The fraction of sp³-hybridized carbons (Fsp3) is 0.571.